The summed E-state index contributed by atoms with van der Waals surface area (Å²) in [7, 11) is 0. The van der Waals surface area contributed by atoms with Gasteiger partial charge in [-0.2, -0.15) is 0 Å². The van der Waals surface area contributed by atoms with E-state index in [1.807, 2.05) is 49.4 Å². The SMILES string of the molecule is CCc1cc(Br)cc(C)c1NC(=O)COc1cccc2cccnc12. The molecule has 2 aromatic carbocycles. The first kappa shape index (κ1) is 17.4. The van der Waals surface area contributed by atoms with Gasteiger partial charge in [-0.1, -0.05) is 41.1 Å². The van der Waals surface area contributed by atoms with E-state index in [0.717, 1.165) is 38.6 Å². The summed E-state index contributed by atoms with van der Waals surface area (Å²) in [5, 5.41) is 3.95. The molecule has 3 aromatic rings. The van der Waals surface area contributed by atoms with Gasteiger partial charge in [0.05, 0.1) is 0 Å². The van der Waals surface area contributed by atoms with Crippen molar-refractivity contribution in [2.75, 3.05) is 11.9 Å². The molecular formula is C20H19BrN2O2. The lowest BCUT2D eigenvalue weighted by molar-refractivity contribution is -0.118. The Labute approximate surface area is 155 Å². The van der Waals surface area contributed by atoms with Gasteiger partial charge in [0.1, 0.15) is 11.3 Å². The molecule has 0 aliphatic rings. The highest BCUT2D eigenvalue weighted by Crippen LogP contribution is 2.27. The molecule has 0 spiro atoms. The molecule has 0 aliphatic carbocycles. The Morgan fingerprint density at radius 1 is 1.24 bits per heavy atom. The van der Waals surface area contributed by atoms with Gasteiger partial charge in [-0.05, 0) is 48.7 Å². The van der Waals surface area contributed by atoms with E-state index in [0.29, 0.717) is 5.75 Å². The molecule has 0 fully saturated rings. The number of pyridine rings is 1. The summed E-state index contributed by atoms with van der Waals surface area (Å²) in [5.41, 5.74) is 3.72. The lowest BCUT2D eigenvalue weighted by Crippen LogP contribution is -2.21. The lowest BCUT2D eigenvalue weighted by Gasteiger charge is -2.14. The minimum absolute atomic E-state index is 0.0612. The smallest absolute Gasteiger partial charge is 0.262 e. The number of nitrogens with one attached hydrogen (secondary N) is 1. The van der Waals surface area contributed by atoms with Crippen molar-refractivity contribution in [3.63, 3.8) is 0 Å². The molecule has 0 saturated carbocycles. The second-order valence-electron chi connectivity index (χ2n) is 5.78. The topological polar surface area (TPSA) is 51.2 Å². The van der Waals surface area contributed by atoms with Crippen LogP contribution in [0, 0.1) is 6.92 Å². The summed E-state index contributed by atoms with van der Waals surface area (Å²) in [6.45, 7) is 3.98. The van der Waals surface area contributed by atoms with Crippen LogP contribution < -0.4 is 10.1 Å². The molecule has 4 nitrogen and oxygen atoms in total. The van der Waals surface area contributed by atoms with Crippen molar-refractivity contribution in [1.29, 1.82) is 0 Å². The Morgan fingerprint density at radius 2 is 2.04 bits per heavy atom. The van der Waals surface area contributed by atoms with Crippen molar-refractivity contribution in [3.8, 4) is 5.75 Å². The van der Waals surface area contributed by atoms with Gasteiger partial charge in [0, 0.05) is 21.7 Å². The maximum atomic E-state index is 12.4. The summed E-state index contributed by atoms with van der Waals surface area (Å²) in [6, 6.07) is 13.5. The van der Waals surface area contributed by atoms with Crippen LogP contribution in [0.25, 0.3) is 10.9 Å². The molecule has 5 heteroatoms. The number of halogens is 1. The average molecular weight is 399 g/mol. The fraction of sp³-hybridized carbons (Fsp3) is 0.200. The van der Waals surface area contributed by atoms with Crippen LogP contribution in [0.5, 0.6) is 5.75 Å². The average Bonchev–Trinajstić information content (AvgIpc) is 2.62. The highest BCUT2D eigenvalue weighted by molar-refractivity contribution is 9.10. The quantitative estimate of drug-likeness (QED) is 0.665. The fourth-order valence-corrected chi connectivity index (χ4v) is 3.40. The monoisotopic (exact) mass is 398 g/mol. The number of aromatic nitrogens is 1. The number of amides is 1. The van der Waals surface area contributed by atoms with Gasteiger partial charge in [0.2, 0.25) is 0 Å². The number of benzene rings is 2. The molecule has 1 amide bonds. The van der Waals surface area contributed by atoms with Crippen LogP contribution in [0.3, 0.4) is 0 Å². The summed E-state index contributed by atoms with van der Waals surface area (Å²) in [4.78, 5) is 16.7. The number of fused-ring (bicyclic) bond motifs is 1. The first-order valence-corrected chi connectivity index (χ1v) is 8.93. The van der Waals surface area contributed by atoms with E-state index in [1.165, 1.54) is 0 Å². The van der Waals surface area contributed by atoms with Gasteiger partial charge < -0.3 is 10.1 Å². The molecule has 25 heavy (non-hydrogen) atoms. The van der Waals surface area contributed by atoms with Gasteiger partial charge in [-0.15, -0.1) is 0 Å². The van der Waals surface area contributed by atoms with Crippen molar-refractivity contribution in [1.82, 2.24) is 4.98 Å². The molecule has 0 radical (unpaired) electrons. The van der Waals surface area contributed by atoms with Crippen molar-refractivity contribution in [2.45, 2.75) is 20.3 Å². The van der Waals surface area contributed by atoms with Crippen LogP contribution in [0.4, 0.5) is 5.69 Å². The van der Waals surface area contributed by atoms with Crippen molar-refractivity contribution < 1.29 is 9.53 Å². The second-order valence-corrected chi connectivity index (χ2v) is 6.69. The molecule has 0 bridgehead atoms. The van der Waals surface area contributed by atoms with E-state index in [9.17, 15) is 4.79 Å². The minimum atomic E-state index is -0.187. The van der Waals surface area contributed by atoms with Crippen LogP contribution in [0.15, 0.2) is 53.1 Å². The maximum Gasteiger partial charge on any atom is 0.262 e. The van der Waals surface area contributed by atoms with Crippen LogP contribution >= 0.6 is 15.9 Å². The third-order valence-electron chi connectivity index (χ3n) is 3.98. The molecule has 0 saturated heterocycles. The normalized spacial score (nSPS) is 10.7. The Balaban J connectivity index is 1.73. The summed E-state index contributed by atoms with van der Waals surface area (Å²) in [5.74, 6) is 0.421. The van der Waals surface area contributed by atoms with Crippen molar-refractivity contribution >= 4 is 38.4 Å². The molecule has 0 atom stereocenters. The largest absolute Gasteiger partial charge is 0.481 e. The van der Waals surface area contributed by atoms with Gasteiger partial charge in [-0.3, -0.25) is 9.78 Å². The van der Waals surface area contributed by atoms with Crippen LogP contribution in [0.1, 0.15) is 18.1 Å². The van der Waals surface area contributed by atoms with Gasteiger partial charge >= 0.3 is 0 Å². The lowest BCUT2D eigenvalue weighted by atomic mass is 10.1. The van der Waals surface area contributed by atoms with E-state index in [4.69, 9.17) is 4.74 Å². The number of aryl methyl sites for hydroxylation is 2. The molecular weight excluding hydrogens is 380 g/mol. The van der Waals surface area contributed by atoms with E-state index in [2.05, 4.69) is 33.2 Å². The molecule has 1 N–H and O–H groups in total. The Hall–Kier alpha value is -2.40. The number of carbonyl (C=O) groups is 1. The minimum Gasteiger partial charge on any atom is -0.481 e. The third kappa shape index (κ3) is 3.99. The number of anilines is 1. The fourth-order valence-electron chi connectivity index (χ4n) is 2.78. The highest BCUT2D eigenvalue weighted by Gasteiger charge is 2.11. The number of carbonyl (C=O) groups excluding carboxylic acids is 1. The van der Waals surface area contributed by atoms with E-state index in [1.54, 1.807) is 6.20 Å². The molecule has 0 unspecified atom stereocenters. The highest BCUT2D eigenvalue weighted by atomic mass is 79.9. The van der Waals surface area contributed by atoms with E-state index >= 15 is 0 Å². The predicted octanol–water partition coefficient (Wildman–Crippen LogP) is 4.89. The van der Waals surface area contributed by atoms with Crippen LogP contribution in [-0.4, -0.2) is 17.5 Å². The summed E-state index contributed by atoms with van der Waals surface area (Å²) in [6.07, 6.45) is 2.55. The maximum absolute atomic E-state index is 12.4. The van der Waals surface area contributed by atoms with Gasteiger partial charge in [0.15, 0.2) is 6.61 Å². The number of ether oxygens (including phenoxy) is 1. The van der Waals surface area contributed by atoms with Gasteiger partial charge in [-0.25, -0.2) is 0 Å². The zero-order valence-electron chi connectivity index (χ0n) is 14.2. The van der Waals surface area contributed by atoms with Crippen molar-refractivity contribution in [3.05, 3.63) is 64.3 Å². The standard InChI is InChI=1S/C20H19BrN2O2/c1-3-14-11-16(21)10-13(2)19(14)23-18(24)12-25-17-8-4-6-15-7-5-9-22-20(15)17/h4-11H,3,12H2,1-2H3,(H,23,24). The number of nitrogens with zero attached hydrogens (tertiary/aromatic N) is 1. The zero-order chi connectivity index (χ0) is 17.8. The van der Waals surface area contributed by atoms with Crippen molar-refractivity contribution in [2.24, 2.45) is 0 Å². The molecule has 128 valence electrons. The number of rotatable bonds is 5. The number of hydrogen-bond donors (Lipinski definition) is 1. The first-order chi connectivity index (χ1) is 12.1. The molecule has 0 aliphatic heterocycles. The van der Waals surface area contributed by atoms with Crippen LogP contribution in [-0.2, 0) is 11.2 Å². The summed E-state index contributed by atoms with van der Waals surface area (Å²) < 4.78 is 6.72. The van der Waals surface area contributed by atoms with E-state index in [-0.39, 0.29) is 12.5 Å². The molecule has 1 aromatic heterocycles. The zero-order valence-corrected chi connectivity index (χ0v) is 15.8. The molecule has 1 heterocycles. The van der Waals surface area contributed by atoms with Crippen LogP contribution in [0.2, 0.25) is 0 Å². The Morgan fingerprint density at radius 3 is 2.84 bits per heavy atom. The first-order valence-electron chi connectivity index (χ1n) is 8.14. The number of hydrogen-bond acceptors (Lipinski definition) is 3. The third-order valence-corrected chi connectivity index (χ3v) is 4.44. The van der Waals surface area contributed by atoms with E-state index < -0.39 is 0 Å². The Kier molecular flexibility index (Phi) is 5.34. The number of para-hydroxylation sites is 1. The second kappa shape index (κ2) is 7.66. The summed E-state index contributed by atoms with van der Waals surface area (Å²) >= 11 is 3.49. The van der Waals surface area contributed by atoms with Gasteiger partial charge in [0.25, 0.3) is 5.91 Å². The molecule has 3 rings (SSSR count). The Bertz CT molecular complexity index is 919. The predicted molar refractivity (Wildman–Crippen MR) is 104 cm³/mol.